The molecule has 0 spiro atoms. The molecule has 82 valence electrons. The van der Waals surface area contributed by atoms with Crippen molar-refractivity contribution in [1.29, 1.82) is 0 Å². The maximum atomic E-state index is 4.29. The Balaban J connectivity index is 1.58. The zero-order valence-electron chi connectivity index (χ0n) is 8.54. The van der Waals surface area contributed by atoms with E-state index in [-0.39, 0.29) is 0 Å². The maximum Gasteiger partial charge on any atom is 0.200 e. The van der Waals surface area contributed by atoms with Crippen molar-refractivity contribution in [3.63, 3.8) is 0 Å². The molecule has 1 aliphatic heterocycles. The van der Waals surface area contributed by atoms with Gasteiger partial charge in [0.1, 0.15) is 5.82 Å². The molecule has 7 heteroatoms. The van der Waals surface area contributed by atoms with Crippen LogP contribution in [0.5, 0.6) is 0 Å². The largest absolute Gasteiger partial charge is 0.365 e. The summed E-state index contributed by atoms with van der Waals surface area (Å²) in [5, 5.41) is 22.2. The van der Waals surface area contributed by atoms with E-state index >= 15 is 0 Å². The molecule has 0 amide bonds. The first-order valence-electron chi connectivity index (χ1n) is 5.44. The van der Waals surface area contributed by atoms with E-state index in [2.05, 4.69) is 31.3 Å². The third kappa shape index (κ3) is 1.12. The molecule has 16 heavy (non-hydrogen) atoms. The number of anilines is 1. The fourth-order valence-corrected chi connectivity index (χ4v) is 2.53. The number of fused-ring (bicyclic) bond motifs is 2. The van der Waals surface area contributed by atoms with E-state index < -0.39 is 0 Å². The highest BCUT2D eigenvalue weighted by Crippen LogP contribution is 2.43. The topological polar surface area (TPSA) is 80.0 Å². The van der Waals surface area contributed by atoms with Gasteiger partial charge < -0.3 is 10.6 Å². The normalized spacial score (nSPS) is 31.6. The van der Waals surface area contributed by atoms with Crippen LogP contribution < -0.4 is 10.6 Å². The number of tetrazole rings is 1. The Bertz CT molecular complexity index is 525. The Labute approximate surface area is 91.2 Å². The summed E-state index contributed by atoms with van der Waals surface area (Å²) in [6.45, 7) is 2.24. The third-order valence-electron chi connectivity index (χ3n) is 3.48. The Morgan fingerprint density at radius 3 is 3.06 bits per heavy atom. The van der Waals surface area contributed by atoms with Crippen LogP contribution in [-0.2, 0) is 0 Å². The van der Waals surface area contributed by atoms with Crippen LogP contribution in [-0.4, -0.2) is 44.4 Å². The van der Waals surface area contributed by atoms with Gasteiger partial charge in [0.05, 0.1) is 0 Å². The number of nitrogens with one attached hydrogen (secondary N) is 2. The van der Waals surface area contributed by atoms with E-state index in [0.717, 1.165) is 30.7 Å². The predicted molar refractivity (Wildman–Crippen MR) is 55.8 cm³/mol. The molecule has 2 aromatic heterocycles. The summed E-state index contributed by atoms with van der Waals surface area (Å²) in [4.78, 5) is 0. The van der Waals surface area contributed by atoms with Crippen molar-refractivity contribution in [2.75, 3.05) is 18.4 Å². The average molecular weight is 217 g/mol. The molecule has 4 rings (SSSR count). The van der Waals surface area contributed by atoms with Crippen LogP contribution in [0.2, 0.25) is 0 Å². The van der Waals surface area contributed by atoms with Crippen molar-refractivity contribution < 1.29 is 0 Å². The molecule has 0 radical (unpaired) electrons. The van der Waals surface area contributed by atoms with Crippen LogP contribution in [0.1, 0.15) is 0 Å². The molecular formula is C9H11N7. The fourth-order valence-electron chi connectivity index (χ4n) is 2.53. The highest BCUT2D eigenvalue weighted by Gasteiger charge is 2.53. The molecule has 2 unspecified atom stereocenters. The molecule has 0 bridgehead atoms. The van der Waals surface area contributed by atoms with Crippen molar-refractivity contribution in [3.05, 3.63) is 12.1 Å². The van der Waals surface area contributed by atoms with Crippen molar-refractivity contribution in [1.82, 2.24) is 30.6 Å². The van der Waals surface area contributed by atoms with E-state index in [1.807, 2.05) is 12.1 Å². The van der Waals surface area contributed by atoms with Gasteiger partial charge >= 0.3 is 0 Å². The van der Waals surface area contributed by atoms with Gasteiger partial charge in [0.25, 0.3) is 0 Å². The second-order valence-electron chi connectivity index (χ2n) is 4.40. The van der Waals surface area contributed by atoms with Gasteiger partial charge in [0.15, 0.2) is 5.65 Å². The number of hydrogen-bond acceptors (Lipinski definition) is 6. The molecule has 1 aliphatic carbocycles. The smallest absolute Gasteiger partial charge is 0.200 e. The van der Waals surface area contributed by atoms with Gasteiger partial charge in [-0.25, -0.2) is 0 Å². The van der Waals surface area contributed by atoms with Gasteiger partial charge in [-0.2, -0.15) is 0 Å². The molecular weight excluding hydrogens is 206 g/mol. The Morgan fingerprint density at radius 2 is 2.19 bits per heavy atom. The first kappa shape index (κ1) is 8.40. The number of aromatic nitrogens is 5. The van der Waals surface area contributed by atoms with Crippen molar-refractivity contribution in [2.45, 2.75) is 6.04 Å². The minimum absolute atomic E-state index is 0.572. The van der Waals surface area contributed by atoms with Gasteiger partial charge in [-0.1, -0.05) is 0 Å². The highest BCUT2D eigenvalue weighted by atomic mass is 15.6. The lowest BCUT2D eigenvalue weighted by atomic mass is 10.4. The summed E-state index contributed by atoms with van der Waals surface area (Å²) in [7, 11) is 0. The van der Waals surface area contributed by atoms with Crippen LogP contribution >= 0.6 is 0 Å². The molecule has 1 saturated carbocycles. The first-order chi connectivity index (χ1) is 7.92. The SMILES string of the molecule is c1cc2nnnn2nc1NC1C2CNCC21. The number of hydrogen-bond donors (Lipinski definition) is 2. The molecule has 2 aromatic rings. The van der Waals surface area contributed by atoms with E-state index in [0.29, 0.717) is 11.7 Å². The number of rotatable bonds is 2. The third-order valence-corrected chi connectivity index (χ3v) is 3.48. The number of piperidine rings is 1. The summed E-state index contributed by atoms with van der Waals surface area (Å²) in [5.74, 6) is 2.39. The minimum atomic E-state index is 0.572. The van der Waals surface area contributed by atoms with Gasteiger partial charge in [-0.05, 0) is 34.4 Å². The van der Waals surface area contributed by atoms with E-state index in [1.54, 1.807) is 0 Å². The zero-order valence-corrected chi connectivity index (χ0v) is 8.54. The Morgan fingerprint density at radius 1 is 1.31 bits per heavy atom. The van der Waals surface area contributed by atoms with Crippen LogP contribution in [0.4, 0.5) is 5.82 Å². The first-order valence-corrected chi connectivity index (χ1v) is 5.44. The van der Waals surface area contributed by atoms with Crippen LogP contribution in [0.25, 0.3) is 5.65 Å². The molecule has 2 atom stereocenters. The van der Waals surface area contributed by atoms with Crippen LogP contribution in [0.3, 0.4) is 0 Å². The molecule has 0 aromatic carbocycles. The van der Waals surface area contributed by atoms with Crippen molar-refractivity contribution in [3.8, 4) is 0 Å². The molecule has 7 nitrogen and oxygen atoms in total. The highest BCUT2D eigenvalue weighted by molar-refractivity contribution is 5.44. The van der Waals surface area contributed by atoms with E-state index in [1.165, 1.54) is 4.63 Å². The summed E-state index contributed by atoms with van der Waals surface area (Å²) in [6, 6.07) is 4.36. The zero-order chi connectivity index (χ0) is 10.5. The van der Waals surface area contributed by atoms with Gasteiger partial charge in [0.2, 0.25) is 0 Å². The predicted octanol–water partition coefficient (Wildman–Crippen LogP) is -0.851. The quantitative estimate of drug-likeness (QED) is 0.682. The van der Waals surface area contributed by atoms with E-state index in [9.17, 15) is 0 Å². The Kier molecular flexibility index (Phi) is 1.51. The second kappa shape index (κ2) is 2.88. The molecule has 3 heterocycles. The lowest BCUT2D eigenvalue weighted by Gasteiger charge is -2.07. The number of nitrogens with zero attached hydrogens (tertiary/aromatic N) is 5. The summed E-state index contributed by atoms with van der Waals surface area (Å²) in [5.41, 5.74) is 0.670. The second-order valence-corrected chi connectivity index (χ2v) is 4.40. The summed E-state index contributed by atoms with van der Waals surface area (Å²) >= 11 is 0. The minimum Gasteiger partial charge on any atom is -0.365 e. The van der Waals surface area contributed by atoms with Crippen LogP contribution in [0.15, 0.2) is 12.1 Å². The monoisotopic (exact) mass is 217 g/mol. The van der Waals surface area contributed by atoms with Crippen molar-refractivity contribution in [2.24, 2.45) is 11.8 Å². The van der Waals surface area contributed by atoms with Crippen molar-refractivity contribution >= 4 is 11.5 Å². The summed E-state index contributed by atoms with van der Waals surface area (Å²) < 4.78 is 1.44. The fraction of sp³-hybridized carbons (Fsp3) is 0.556. The summed E-state index contributed by atoms with van der Waals surface area (Å²) in [6.07, 6.45) is 0. The molecule has 2 N–H and O–H groups in total. The lowest BCUT2D eigenvalue weighted by molar-refractivity contribution is 0.688. The van der Waals surface area contributed by atoms with Gasteiger partial charge in [-0.3, -0.25) is 0 Å². The molecule has 2 aliphatic rings. The van der Waals surface area contributed by atoms with E-state index in [4.69, 9.17) is 0 Å². The molecule has 1 saturated heterocycles. The maximum absolute atomic E-state index is 4.29. The van der Waals surface area contributed by atoms with Crippen LogP contribution in [0, 0.1) is 11.8 Å². The average Bonchev–Trinajstić information content (AvgIpc) is 2.78. The van der Waals surface area contributed by atoms with Gasteiger partial charge in [-0.15, -0.1) is 14.8 Å². The lowest BCUT2D eigenvalue weighted by Crippen LogP contribution is -2.22. The molecule has 2 fully saturated rings. The standard InChI is InChI=1S/C9H11N7/c1-2-8-12-14-15-16(8)13-7(1)11-9-5-3-10-4-6(5)9/h1-2,5-6,9-10H,3-4H2,(H,11,13). The van der Waals surface area contributed by atoms with Gasteiger partial charge in [0, 0.05) is 19.1 Å². The Hall–Kier alpha value is -1.76.